The third-order valence-electron chi connectivity index (χ3n) is 4.13. The second-order valence-electron chi connectivity index (χ2n) is 5.28. The third-order valence-corrected chi connectivity index (χ3v) is 4.13. The normalized spacial score (nSPS) is 17.1. The Morgan fingerprint density at radius 3 is 2.50 bits per heavy atom. The largest absolute Gasteiger partial charge is 0.507 e. The Bertz CT molecular complexity index is 571. The average Bonchev–Trinajstić information content (AvgIpc) is 2.40. The summed E-state index contributed by atoms with van der Waals surface area (Å²) in [6, 6.07) is 9.58. The number of benzene rings is 2. The van der Waals surface area contributed by atoms with Gasteiger partial charge >= 0.3 is 0 Å². The molecule has 0 aromatic heterocycles. The molecule has 2 heteroatoms. The van der Waals surface area contributed by atoms with Gasteiger partial charge in [0.2, 0.25) is 0 Å². The Labute approximate surface area is 107 Å². The number of phenolic OH excluding ortho intramolecular Hbond substituents is 1. The lowest BCUT2D eigenvalue weighted by Gasteiger charge is -2.25. The number of hydrogen-bond acceptors (Lipinski definition) is 2. The molecule has 2 aromatic rings. The SMILES string of the molecule is Nc1ccc2c(O)cccc2c1C1CCCCC1. The fraction of sp³-hybridized carbons (Fsp3) is 0.375. The Morgan fingerprint density at radius 1 is 0.944 bits per heavy atom. The molecule has 0 heterocycles. The average molecular weight is 241 g/mol. The fourth-order valence-corrected chi connectivity index (χ4v) is 3.23. The van der Waals surface area contributed by atoms with Gasteiger partial charge in [0, 0.05) is 11.1 Å². The minimum absolute atomic E-state index is 0.351. The molecule has 3 N–H and O–H groups in total. The van der Waals surface area contributed by atoms with Gasteiger partial charge in [0.1, 0.15) is 5.75 Å². The van der Waals surface area contributed by atoms with E-state index in [4.69, 9.17) is 5.73 Å². The molecule has 0 spiro atoms. The number of nitrogens with two attached hydrogens (primary N) is 1. The smallest absolute Gasteiger partial charge is 0.123 e. The maximum absolute atomic E-state index is 9.94. The van der Waals surface area contributed by atoms with Crippen molar-refractivity contribution in [2.24, 2.45) is 0 Å². The zero-order valence-electron chi connectivity index (χ0n) is 10.5. The van der Waals surface area contributed by atoms with Crippen molar-refractivity contribution in [3.8, 4) is 5.75 Å². The molecule has 0 saturated heterocycles. The van der Waals surface area contributed by atoms with E-state index in [-0.39, 0.29) is 0 Å². The minimum Gasteiger partial charge on any atom is -0.507 e. The van der Waals surface area contributed by atoms with Crippen LogP contribution in [-0.4, -0.2) is 5.11 Å². The quantitative estimate of drug-likeness (QED) is 0.736. The van der Waals surface area contributed by atoms with E-state index in [1.54, 1.807) is 6.07 Å². The number of fused-ring (bicyclic) bond motifs is 1. The van der Waals surface area contributed by atoms with Gasteiger partial charge in [-0.05, 0) is 47.9 Å². The maximum Gasteiger partial charge on any atom is 0.123 e. The van der Waals surface area contributed by atoms with Gasteiger partial charge in [0.05, 0.1) is 0 Å². The van der Waals surface area contributed by atoms with Crippen LogP contribution in [0.25, 0.3) is 10.8 Å². The first-order chi connectivity index (χ1) is 8.77. The summed E-state index contributed by atoms with van der Waals surface area (Å²) in [6.07, 6.45) is 6.36. The summed E-state index contributed by atoms with van der Waals surface area (Å²) in [7, 11) is 0. The Hall–Kier alpha value is -1.70. The number of nitrogen functional groups attached to an aromatic ring is 1. The van der Waals surface area contributed by atoms with Crippen molar-refractivity contribution >= 4 is 16.5 Å². The van der Waals surface area contributed by atoms with E-state index in [1.807, 2.05) is 18.2 Å². The summed E-state index contributed by atoms with van der Waals surface area (Å²) in [6.45, 7) is 0. The molecule has 18 heavy (non-hydrogen) atoms. The zero-order chi connectivity index (χ0) is 12.5. The van der Waals surface area contributed by atoms with Gasteiger partial charge in [-0.25, -0.2) is 0 Å². The molecule has 94 valence electrons. The molecule has 1 aliphatic rings. The first-order valence-electron chi connectivity index (χ1n) is 6.77. The molecule has 0 aliphatic heterocycles. The highest BCUT2D eigenvalue weighted by Crippen LogP contribution is 2.41. The number of aromatic hydroxyl groups is 1. The highest BCUT2D eigenvalue weighted by molar-refractivity contribution is 5.94. The zero-order valence-corrected chi connectivity index (χ0v) is 10.5. The van der Waals surface area contributed by atoms with Gasteiger partial charge < -0.3 is 10.8 Å². The molecule has 0 atom stereocenters. The second-order valence-corrected chi connectivity index (χ2v) is 5.28. The predicted octanol–water partition coefficient (Wildman–Crippen LogP) is 4.18. The van der Waals surface area contributed by atoms with Crippen molar-refractivity contribution in [3.63, 3.8) is 0 Å². The van der Waals surface area contributed by atoms with Crippen molar-refractivity contribution in [1.29, 1.82) is 0 Å². The molecule has 0 radical (unpaired) electrons. The molecule has 1 fully saturated rings. The second kappa shape index (κ2) is 4.52. The molecule has 2 nitrogen and oxygen atoms in total. The molecule has 2 aromatic carbocycles. The summed E-state index contributed by atoms with van der Waals surface area (Å²) in [5.41, 5.74) is 8.31. The van der Waals surface area contributed by atoms with E-state index >= 15 is 0 Å². The third kappa shape index (κ3) is 1.82. The van der Waals surface area contributed by atoms with Gasteiger partial charge in [-0.2, -0.15) is 0 Å². The topological polar surface area (TPSA) is 46.2 Å². The molecular formula is C16H19NO. The number of phenols is 1. The van der Waals surface area contributed by atoms with Crippen LogP contribution in [0.15, 0.2) is 30.3 Å². The van der Waals surface area contributed by atoms with Crippen LogP contribution in [0.1, 0.15) is 43.6 Å². The highest BCUT2D eigenvalue weighted by atomic mass is 16.3. The van der Waals surface area contributed by atoms with E-state index in [1.165, 1.54) is 37.7 Å². The van der Waals surface area contributed by atoms with Crippen molar-refractivity contribution in [1.82, 2.24) is 0 Å². The van der Waals surface area contributed by atoms with E-state index in [0.717, 1.165) is 16.5 Å². The van der Waals surface area contributed by atoms with Crippen LogP contribution >= 0.6 is 0 Å². The van der Waals surface area contributed by atoms with Crippen LogP contribution in [0.4, 0.5) is 5.69 Å². The maximum atomic E-state index is 9.94. The van der Waals surface area contributed by atoms with Crippen molar-refractivity contribution in [2.75, 3.05) is 5.73 Å². The van der Waals surface area contributed by atoms with Crippen LogP contribution < -0.4 is 5.73 Å². The Morgan fingerprint density at radius 2 is 1.72 bits per heavy atom. The molecule has 0 bridgehead atoms. The van der Waals surface area contributed by atoms with Gasteiger partial charge in [0.15, 0.2) is 0 Å². The van der Waals surface area contributed by atoms with E-state index in [0.29, 0.717) is 11.7 Å². The molecular weight excluding hydrogens is 222 g/mol. The first-order valence-corrected chi connectivity index (χ1v) is 6.77. The van der Waals surface area contributed by atoms with E-state index in [9.17, 15) is 5.11 Å². The van der Waals surface area contributed by atoms with Gasteiger partial charge in [-0.1, -0.05) is 31.4 Å². The van der Waals surface area contributed by atoms with Crippen LogP contribution in [0.3, 0.4) is 0 Å². The van der Waals surface area contributed by atoms with Crippen LogP contribution in [0, 0.1) is 0 Å². The minimum atomic E-state index is 0.351. The van der Waals surface area contributed by atoms with Crippen molar-refractivity contribution in [2.45, 2.75) is 38.0 Å². The molecule has 0 unspecified atom stereocenters. The summed E-state index contributed by atoms with van der Waals surface area (Å²) in [5.74, 6) is 0.911. The van der Waals surface area contributed by atoms with Crippen LogP contribution in [0.5, 0.6) is 5.75 Å². The molecule has 0 amide bonds. The van der Waals surface area contributed by atoms with Crippen molar-refractivity contribution < 1.29 is 5.11 Å². The summed E-state index contributed by atoms with van der Waals surface area (Å²) in [5, 5.41) is 12.0. The molecule has 3 rings (SSSR count). The number of anilines is 1. The lowest BCUT2D eigenvalue weighted by atomic mass is 9.81. The van der Waals surface area contributed by atoms with E-state index in [2.05, 4.69) is 6.07 Å². The Kier molecular flexibility index (Phi) is 2.86. The lowest BCUT2D eigenvalue weighted by Crippen LogP contribution is -2.08. The lowest BCUT2D eigenvalue weighted by molar-refractivity contribution is 0.446. The molecule has 1 saturated carbocycles. The highest BCUT2D eigenvalue weighted by Gasteiger charge is 2.20. The van der Waals surface area contributed by atoms with Crippen LogP contribution in [0.2, 0.25) is 0 Å². The monoisotopic (exact) mass is 241 g/mol. The predicted molar refractivity (Wildman–Crippen MR) is 75.9 cm³/mol. The first kappa shape index (κ1) is 11.4. The van der Waals surface area contributed by atoms with Crippen LogP contribution in [-0.2, 0) is 0 Å². The van der Waals surface area contributed by atoms with Gasteiger partial charge in [-0.15, -0.1) is 0 Å². The number of rotatable bonds is 1. The fourth-order valence-electron chi connectivity index (χ4n) is 3.23. The Balaban J connectivity index is 2.19. The molecule has 1 aliphatic carbocycles. The standard InChI is InChI=1S/C16H19NO/c17-14-10-9-12-13(7-4-8-15(12)18)16(14)11-5-2-1-3-6-11/h4,7-11,18H,1-3,5-6,17H2. The van der Waals surface area contributed by atoms with E-state index < -0.39 is 0 Å². The van der Waals surface area contributed by atoms with Crippen molar-refractivity contribution in [3.05, 3.63) is 35.9 Å². The van der Waals surface area contributed by atoms with Gasteiger partial charge in [0.25, 0.3) is 0 Å². The van der Waals surface area contributed by atoms with Gasteiger partial charge in [-0.3, -0.25) is 0 Å². The summed E-state index contributed by atoms with van der Waals surface area (Å²) in [4.78, 5) is 0. The summed E-state index contributed by atoms with van der Waals surface area (Å²) < 4.78 is 0. The number of hydrogen-bond donors (Lipinski definition) is 2. The summed E-state index contributed by atoms with van der Waals surface area (Å²) >= 11 is 0.